The molecule has 92 valence electrons. The Morgan fingerprint density at radius 1 is 1.53 bits per heavy atom. The van der Waals surface area contributed by atoms with E-state index in [2.05, 4.69) is 18.2 Å². The van der Waals surface area contributed by atoms with E-state index in [1.807, 2.05) is 0 Å². The lowest BCUT2D eigenvalue weighted by molar-refractivity contribution is 0.503. The number of terminal acetylenes is 1. The molecule has 1 atom stereocenters. The van der Waals surface area contributed by atoms with E-state index in [1.54, 1.807) is 12.1 Å². The molecule has 0 aliphatic rings. The monoisotopic (exact) mass is 253 g/mol. The molecule has 0 aromatic heterocycles. The second kappa shape index (κ2) is 7.32. The Morgan fingerprint density at radius 3 is 2.88 bits per heavy atom. The van der Waals surface area contributed by atoms with Crippen LogP contribution in [0.5, 0.6) is 0 Å². The van der Waals surface area contributed by atoms with Crippen LogP contribution < -0.4 is 5.32 Å². The van der Waals surface area contributed by atoms with Crippen LogP contribution in [0.4, 0.5) is 4.39 Å². The first-order valence-corrected chi connectivity index (χ1v) is 6.16. The van der Waals surface area contributed by atoms with Crippen molar-refractivity contribution in [2.75, 3.05) is 6.54 Å². The van der Waals surface area contributed by atoms with E-state index in [-0.39, 0.29) is 11.9 Å². The lowest BCUT2D eigenvalue weighted by Gasteiger charge is -2.17. The fourth-order valence-electron chi connectivity index (χ4n) is 1.68. The van der Waals surface area contributed by atoms with Crippen LogP contribution in [0, 0.1) is 18.2 Å². The largest absolute Gasteiger partial charge is 0.313 e. The Hall–Kier alpha value is -1.04. The van der Waals surface area contributed by atoms with Gasteiger partial charge in [0.1, 0.15) is 5.82 Å². The highest BCUT2D eigenvalue weighted by molar-refractivity contribution is 6.31. The van der Waals surface area contributed by atoms with Crippen molar-refractivity contribution >= 4 is 11.6 Å². The van der Waals surface area contributed by atoms with Gasteiger partial charge in [0.2, 0.25) is 0 Å². The zero-order valence-corrected chi connectivity index (χ0v) is 10.7. The molecule has 0 spiro atoms. The van der Waals surface area contributed by atoms with Gasteiger partial charge in [0.15, 0.2) is 0 Å². The Morgan fingerprint density at radius 2 is 2.29 bits per heavy atom. The van der Waals surface area contributed by atoms with Gasteiger partial charge in [-0.2, -0.15) is 0 Å². The van der Waals surface area contributed by atoms with E-state index in [4.69, 9.17) is 18.0 Å². The third kappa shape index (κ3) is 4.38. The van der Waals surface area contributed by atoms with Gasteiger partial charge in [0.05, 0.1) is 0 Å². The van der Waals surface area contributed by atoms with Crippen molar-refractivity contribution in [2.24, 2.45) is 0 Å². The van der Waals surface area contributed by atoms with Crippen molar-refractivity contribution < 1.29 is 4.39 Å². The van der Waals surface area contributed by atoms with Crippen LogP contribution in [0.1, 0.15) is 25.3 Å². The normalized spacial score (nSPS) is 12.1. The molecular formula is C14H17ClFN. The van der Waals surface area contributed by atoms with Gasteiger partial charge >= 0.3 is 0 Å². The van der Waals surface area contributed by atoms with Crippen molar-refractivity contribution in [1.29, 1.82) is 0 Å². The minimum atomic E-state index is -0.266. The number of nitrogens with one attached hydrogen (secondary N) is 1. The van der Waals surface area contributed by atoms with Crippen molar-refractivity contribution in [1.82, 2.24) is 5.32 Å². The topological polar surface area (TPSA) is 12.0 Å². The summed E-state index contributed by atoms with van der Waals surface area (Å²) in [4.78, 5) is 0. The number of hydrogen-bond acceptors (Lipinski definition) is 1. The molecule has 17 heavy (non-hydrogen) atoms. The van der Waals surface area contributed by atoms with Gasteiger partial charge in [-0.25, -0.2) is 4.39 Å². The summed E-state index contributed by atoms with van der Waals surface area (Å²) in [7, 11) is 0. The Balaban J connectivity index is 2.75. The molecule has 0 amide bonds. The third-order valence-corrected chi connectivity index (χ3v) is 2.91. The number of halogens is 2. The number of benzene rings is 1. The van der Waals surface area contributed by atoms with E-state index < -0.39 is 0 Å². The van der Waals surface area contributed by atoms with E-state index in [9.17, 15) is 4.39 Å². The van der Waals surface area contributed by atoms with Crippen LogP contribution in [0.15, 0.2) is 18.2 Å². The van der Waals surface area contributed by atoms with Crippen molar-refractivity contribution in [3.8, 4) is 12.3 Å². The summed E-state index contributed by atoms with van der Waals surface area (Å²) >= 11 is 5.99. The molecule has 0 saturated carbocycles. The molecule has 0 radical (unpaired) electrons. The van der Waals surface area contributed by atoms with Crippen LogP contribution >= 0.6 is 11.6 Å². The molecule has 0 heterocycles. The fraction of sp³-hybridized carbons (Fsp3) is 0.429. The van der Waals surface area contributed by atoms with Gasteiger partial charge in [0, 0.05) is 23.0 Å². The standard InChI is InChI=1S/C14H17ClFN/c1-3-6-11(17-9-4-2)10-12-13(15)7-5-8-14(12)16/h1,5,7-8,11,17H,4,6,9-10H2,2H3. The number of hydrogen-bond donors (Lipinski definition) is 1. The summed E-state index contributed by atoms with van der Waals surface area (Å²) in [5, 5.41) is 3.77. The predicted molar refractivity (Wildman–Crippen MR) is 70.6 cm³/mol. The Bertz CT molecular complexity index is 377. The van der Waals surface area contributed by atoms with Gasteiger partial charge in [-0.05, 0) is 31.5 Å². The summed E-state index contributed by atoms with van der Waals surface area (Å²) < 4.78 is 13.6. The third-order valence-electron chi connectivity index (χ3n) is 2.56. The van der Waals surface area contributed by atoms with Crippen molar-refractivity contribution in [3.05, 3.63) is 34.6 Å². The molecule has 3 heteroatoms. The molecule has 1 aromatic rings. The average molecular weight is 254 g/mol. The van der Waals surface area contributed by atoms with Gasteiger partial charge in [-0.1, -0.05) is 24.6 Å². The molecule has 1 N–H and O–H groups in total. The number of rotatable bonds is 6. The second-order valence-corrected chi connectivity index (χ2v) is 4.37. The van der Waals surface area contributed by atoms with Gasteiger partial charge in [-0.3, -0.25) is 0 Å². The Labute approximate surface area is 107 Å². The first-order valence-electron chi connectivity index (χ1n) is 5.78. The summed E-state index contributed by atoms with van der Waals surface area (Å²) in [6, 6.07) is 4.81. The van der Waals surface area contributed by atoms with Crippen LogP contribution in [0.25, 0.3) is 0 Å². The van der Waals surface area contributed by atoms with E-state index in [1.165, 1.54) is 6.07 Å². The minimum Gasteiger partial charge on any atom is -0.313 e. The molecule has 1 nitrogen and oxygen atoms in total. The molecule has 1 unspecified atom stereocenters. The lowest BCUT2D eigenvalue weighted by Crippen LogP contribution is -2.31. The molecule has 0 aliphatic carbocycles. The molecule has 0 aliphatic heterocycles. The maximum absolute atomic E-state index is 13.6. The second-order valence-electron chi connectivity index (χ2n) is 3.96. The fourth-order valence-corrected chi connectivity index (χ4v) is 1.92. The highest BCUT2D eigenvalue weighted by atomic mass is 35.5. The summed E-state index contributed by atoms with van der Waals surface area (Å²) in [6.45, 7) is 2.95. The highest BCUT2D eigenvalue weighted by Gasteiger charge is 2.13. The first-order chi connectivity index (χ1) is 8.19. The van der Waals surface area contributed by atoms with Crippen LogP contribution in [0.2, 0.25) is 5.02 Å². The molecule has 0 bridgehead atoms. The highest BCUT2D eigenvalue weighted by Crippen LogP contribution is 2.21. The summed E-state index contributed by atoms with van der Waals surface area (Å²) in [5.41, 5.74) is 0.540. The predicted octanol–water partition coefficient (Wildman–Crippen LogP) is 3.41. The molecule has 1 rings (SSSR count). The van der Waals surface area contributed by atoms with Crippen molar-refractivity contribution in [2.45, 2.75) is 32.2 Å². The molecule has 0 saturated heterocycles. The summed E-state index contributed by atoms with van der Waals surface area (Å²) in [6.07, 6.45) is 7.43. The quantitative estimate of drug-likeness (QED) is 0.766. The zero-order valence-electron chi connectivity index (χ0n) is 9.97. The summed E-state index contributed by atoms with van der Waals surface area (Å²) in [5.74, 6) is 2.34. The van der Waals surface area contributed by atoms with Gasteiger partial charge in [0.25, 0.3) is 0 Å². The SMILES string of the molecule is C#CCC(Cc1c(F)cccc1Cl)NCCC. The zero-order chi connectivity index (χ0) is 12.7. The molecule has 1 aromatic carbocycles. The smallest absolute Gasteiger partial charge is 0.127 e. The first kappa shape index (κ1) is 14.0. The minimum absolute atomic E-state index is 0.0781. The maximum atomic E-state index is 13.6. The van der Waals surface area contributed by atoms with Crippen LogP contribution in [-0.2, 0) is 6.42 Å². The van der Waals surface area contributed by atoms with Crippen LogP contribution in [-0.4, -0.2) is 12.6 Å². The maximum Gasteiger partial charge on any atom is 0.127 e. The van der Waals surface area contributed by atoms with Gasteiger partial charge < -0.3 is 5.32 Å². The van der Waals surface area contributed by atoms with Crippen molar-refractivity contribution in [3.63, 3.8) is 0 Å². The average Bonchev–Trinajstić information content (AvgIpc) is 2.31. The molecular weight excluding hydrogens is 237 g/mol. The van der Waals surface area contributed by atoms with E-state index >= 15 is 0 Å². The van der Waals surface area contributed by atoms with Crippen LogP contribution in [0.3, 0.4) is 0 Å². The van der Waals surface area contributed by atoms with E-state index in [0.717, 1.165) is 13.0 Å². The van der Waals surface area contributed by atoms with Gasteiger partial charge in [-0.15, -0.1) is 12.3 Å². The molecule has 0 fully saturated rings. The van der Waals surface area contributed by atoms with E-state index in [0.29, 0.717) is 23.4 Å². The lowest BCUT2D eigenvalue weighted by atomic mass is 10.0. The Kier molecular flexibility index (Phi) is 6.04.